The molecule has 2 heterocycles. The third-order valence-electron chi connectivity index (χ3n) is 2.83. The van der Waals surface area contributed by atoms with E-state index in [1.807, 2.05) is 36.4 Å². The minimum atomic E-state index is 0.465. The number of nitrogens with zero attached hydrogens (tertiary/aromatic N) is 2. The molecule has 3 aromatic rings. The topological polar surface area (TPSA) is 67.6 Å². The number of anilines is 1. The SMILES string of the molecule is Nc1n[nH]c(-c2cccc(I)c2)c1-c1ccccn1. The number of nitrogen functional groups attached to an aromatic ring is 1. The molecule has 0 aliphatic carbocycles. The summed E-state index contributed by atoms with van der Waals surface area (Å²) in [7, 11) is 0. The van der Waals surface area contributed by atoms with Crippen molar-refractivity contribution in [2.24, 2.45) is 0 Å². The van der Waals surface area contributed by atoms with Gasteiger partial charge in [0.15, 0.2) is 5.82 Å². The molecule has 4 nitrogen and oxygen atoms in total. The number of nitrogens with one attached hydrogen (secondary N) is 1. The number of halogens is 1. The first-order valence-corrected chi connectivity index (χ1v) is 6.85. The van der Waals surface area contributed by atoms with Crippen LogP contribution in [0, 0.1) is 3.57 Å². The zero-order chi connectivity index (χ0) is 13.2. The number of nitrogens with two attached hydrogens (primary N) is 1. The molecule has 5 heteroatoms. The number of benzene rings is 1. The summed E-state index contributed by atoms with van der Waals surface area (Å²) in [6.07, 6.45) is 1.75. The van der Waals surface area contributed by atoms with Gasteiger partial charge in [-0.2, -0.15) is 5.10 Å². The lowest BCUT2D eigenvalue weighted by atomic mass is 10.0. The normalized spacial score (nSPS) is 10.6. The smallest absolute Gasteiger partial charge is 0.155 e. The van der Waals surface area contributed by atoms with Gasteiger partial charge in [0.2, 0.25) is 0 Å². The molecule has 0 spiro atoms. The number of rotatable bonds is 2. The molecule has 3 N–H and O–H groups in total. The molecule has 19 heavy (non-hydrogen) atoms. The van der Waals surface area contributed by atoms with Crippen LogP contribution in [0.3, 0.4) is 0 Å². The minimum Gasteiger partial charge on any atom is -0.382 e. The van der Waals surface area contributed by atoms with E-state index in [0.717, 1.165) is 26.1 Å². The maximum Gasteiger partial charge on any atom is 0.155 e. The molecule has 0 amide bonds. The van der Waals surface area contributed by atoms with Crippen molar-refractivity contribution < 1.29 is 0 Å². The quantitative estimate of drug-likeness (QED) is 0.688. The average Bonchev–Trinajstić information content (AvgIpc) is 2.82. The molecule has 0 aliphatic heterocycles. The molecule has 2 aromatic heterocycles. The fourth-order valence-electron chi connectivity index (χ4n) is 1.98. The van der Waals surface area contributed by atoms with Crippen LogP contribution in [0.15, 0.2) is 48.7 Å². The van der Waals surface area contributed by atoms with E-state index in [4.69, 9.17) is 5.73 Å². The third kappa shape index (κ3) is 2.33. The summed E-state index contributed by atoms with van der Waals surface area (Å²) in [5.41, 5.74) is 9.59. The summed E-state index contributed by atoms with van der Waals surface area (Å²) in [5.74, 6) is 0.465. The summed E-state index contributed by atoms with van der Waals surface area (Å²) in [6.45, 7) is 0. The van der Waals surface area contributed by atoms with Gasteiger partial charge in [-0.15, -0.1) is 0 Å². The Bertz CT molecular complexity index is 706. The van der Waals surface area contributed by atoms with Crippen molar-refractivity contribution in [2.75, 3.05) is 5.73 Å². The zero-order valence-electron chi connectivity index (χ0n) is 9.97. The largest absolute Gasteiger partial charge is 0.382 e. The first-order chi connectivity index (χ1) is 9.25. The lowest BCUT2D eigenvalue weighted by molar-refractivity contribution is 1.10. The molecule has 0 radical (unpaired) electrons. The van der Waals surface area contributed by atoms with Crippen LogP contribution in [0.5, 0.6) is 0 Å². The fraction of sp³-hybridized carbons (Fsp3) is 0. The van der Waals surface area contributed by atoms with Crippen molar-refractivity contribution in [3.05, 3.63) is 52.2 Å². The Morgan fingerprint density at radius 1 is 1.11 bits per heavy atom. The Labute approximate surface area is 124 Å². The van der Waals surface area contributed by atoms with Crippen LogP contribution in [-0.4, -0.2) is 15.2 Å². The van der Waals surface area contributed by atoms with Crippen molar-refractivity contribution in [2.45, 2.75) is 0 Å². The van der Waals surface area contributed by atoms with Crippen molar-refractivity contribution in [1.29, 1.82) is 0 Å². The van der Waals surface area contributed by atoms with Crippen molar-refractivity contribution in [1.82, 2.24) is 15.2 Å². The third-order valence-corrected chi connectivity index (χ3v) is 3.50. The number of hydrogen-bond acceptors (Lipinski definition) is 3. The van der Waals surface area contributed by atoms with Crippen LogP contribution in [0.2, 0.25) is 0 Å². The van der Waals surface area contributed by atoms with Gasteiger partial charge < -0.3 is 5.73 Å². The maximum atomic E-state index is 5.96. The van der Waals surface area contributed by atoms with Crippen molar-refractivity contribution >= 4 is 28.4 Å². The lowest BCUT2D eigenvalue weighted by Gasteiger charge is -2.04. The van der Waals surface area contributed by atoms with E-state index in [2.05, 4.69) is 43.8 Å². The molecular weight excluding hydrogens is 351 g/mol. The van der Waals surface area contributed by atoms with Crippen LogP contribution in [0.25, 0.3) is 22.5 Å². The maximum absolute atomic E-state index is 5.96. The monoisotopic (exact) mass is 362 g/mol. The van der Waals surface area contributed by atoms with Gasteiger partial charge in [0.05, 0.1) is 17.0 Å². The van der Waals surface area contributed by atoms with Crippen LogP contribution < -0.4 is 5.73 Å². The number of hydrogen-bond donors (Lipinski definition) is 2. The molecule has 0 saturated carbocycles. The number of aromatic nitrogens is 3. The van der Waals surface area contributed by atoms with E-state index >= 15 is 0 Å². The molecule has 0 atom stereocenters. The molecule has 1 aromatic carbocycles. The van der Waals surface area contributed by atoms with Gasteiger partial charge in [0.1, 0.15) is 0 Å². The minimum absolute atomic E-state index is 0.465. The van der Waals surface area contributed by atoms with Crippen molar-refractivity contribution in [3.63, 3.8) is 0 Å². The second kappa shape index (κ2) is 5.00. The van der Waals surface area contributed by atoms with E-state index in [9.17, 15) is 0 Å². The number of H-pyrrole nitrogens is 1. The number of aromatic amines is 1. The first-order valence-electron chi connectivity index (χ1n) is 5.77. The van der Waals surface area contributed by atoms with E-state index in [1.54, 1.807) is 6.20 Å². The summed E-state index contributed by atoms with van der Waals surface area (Å²) in [4.78, 5) is 4.35. The molecule has 0 aliphatic rings. The Morgan fingerprint density at radius 3 is 2.74 bits per heavy atom. The van der Waals surface area contributed by atoms with E-state index in [0.29, 0.717) is 5.82 Å². The highest BCUT2D eigenvalue weighted by Crippen LogP contribution is 2.33. The highest BCUT2D eigenvalue weighted by molar-refractivity contribution is 14.1. The van der Waals surface area contributed by atoms with Crippen LogP contribution in [0.4, 0.5) is 5.82 Å². The van der Waals surface area contributed by atoms with E-state index in [-0.39, 0.29) is 0 Å². The van der Waals surface area contributed by atoms with E-state index < -0.39 is 0 Å². The average molecular weight is 362 g/mol. The van der Waals surface area contributed by atoms with Crippen LogP contribution in [-0.2, 0) is 0 Å². The molecular formula is C14H11IN4. The van der Waals surface area contributed by atoms with Gasteiger partial charge in [0.25, 0.3) is 0 Å². The second-order valence-electron chi connectivity index (χ2n) is 4.08. The van der Waals surface area contributed by atoms with Crippen LogP contribution >= 0.6 is 22.6 Å². The molecule has 0 fully saturated rings. The van der Waals surface area contributed by atoms with Gasteiger partial charge in [-0.3, -0.25) is 10.1 Å². The first kappa shape index (κ1) is 12.2. The Kier molecular flexibility index (Phi) is 3.20. The summed E-state index contributed by atoms with van der Waals surface area (Å²) in [5, 5.41) is 7.11. The second-order valence-corrected chi connectivity index (χ2v) is 5.33. The summed E-state index contributed by atoms with van der Waals surface area (Å²) in [6, 6.07) is 13.9. The van der Waals surface area contributed by atoms with Gasteiger partial charge in [-0.25, -0.2) is 0 Å². The Hall–Kier alpha value is -1.89. The summed E-state index contributed by atoms with van der Waals surface area (Å²) >= 11 is 2.28. The highest BCUT2D eigenvalue weighted by Gasteiger charge is 2.15. The predicted molar refractivity (Wildman–Crippen MR) is 84.4 cm³/mol. The zero-order valence-corrected chi connectivity index (χ0v) is 12.1. The Morgan fingerprint density at radius 2 is 2.00 bits per heavy atom. The Balaban J connectivity index is 2.19. The predicted octanol–water partition coefficient (Wildman–Crippen LogP) is 3.33. The molecule has 0 unspecified atom stereocenters. The van der Waals surface area contributed by atoms with E-state index in [1.165, 1.54) is 0 Å². The van der Waals surface area contributed by atoms with Gasteiger partial charge in [-0.05, 0) is 46.9 Å². The van der Waals surface area contributed by atoms with Gasteiger partial charge >= 0.3 is 0 Å². The molecule has 0 bridgehead atoms. The van der Waals surface area contributed by atoms with Crippen LogP contribution in [0.1, 0.15) is 0 Å². The van der Waals surface area contributed by atoms with Gasteiger partial charge in [0, 0.05) is 15.3 Å². The summed E-state index contributed by atoms with van der Waals surface area (Å²) < 4.78 is 1.16. The lowest BCUT2D eigenvalue weighted by Crippen LogP contribution is -1.90. The van der Waals surface area contributed by atoms with Crippen molar-refractivity contribution in [3.8, 4) is 22.5 Å². The molecule has 0 saturated heterocycles. The van der Waals surface area contributed by atoms with Gasteiger partial charge in [-0.1, -0.05) is 18.2 Å². The molecule has 3 rings (SSSR count). The highest BCUT2D eigenvalue weighted by atomic mass is 127. The molecule has 94 valence electrons. The fourth-order valence-corrected chi connectivity index (χ4v) is 2.52. The number of pyridine rings is 1. The standard InChI is InChI=1S/C14H11IN4/c15-10-5-3-4-9(8-10)13-12(14(16)19-18-13)11-6-1-2-7-17-11/h1-8H,(H3,16,18,19).